The Labute approximate surface area is 72.8 Å². The summed E-state index contributed by atoms with van der Waals surface area (Å²) in [5.41, 5.74) is 0.955. The van der Waals surface area contributed by atoms with E-state index in [4.69, 9.17) is 13.3 Å². The lowest BCUT2D eigenvalue weighted by Gasteiger charge is -1.99. The Morgan fingerprint density at radius 1 is 1.58 bits per heavy atom. The minimum atomic E-state index is 0.355. The molecule has 0 amide bonds. The van der Waals surface area contributed by atoms with Gasteiger partial charge in [-0.05, 0) is 12.1 Å². The number of pyridine rings is 1. The second kappa shape index (κ2) is 3.76. The summed E-state index contributed by atoms with van der Waals surface area (Å²) in [7, 11) is 5.48. The SMILES string of the molecule is [B]c1ccn(/C=C\C=C)c(=N)c1. The first-order chi connectivity index (χ1) is 5.74. The van der Waals surface area contributed by atoms with Crippen LogP contribution in [0.2, 0.25) is 0 Å². The van der Waals surface area contributed by atoms with Gasteiger partial charge in [-0.3, -0.25) is 5.41 Å². The molecular weight excluding hydrogens is 147 g/mol. The fourth-order valence-corrected chi connectivity index (χ4v) is 0.811. The summed E-state index contributed by atoms with van der Waals surface area (Å²) in [6.07, 6.45) is 6.89. The Hall–Kier alpha value is -1.51. The molecule has 0 aliphatic rings. The average Bonchev–Trinajstić information content (AvgIpc) is 2.03. The first-order valence-corrected chi connectivity index (χ1v) is 3.55. The van der Waals surface area contributed by atoms with Crippen molar-refractivity contribution in [3.8, 4) is 0 Å². The molecule has 0 bridgehead atoms. The second-order valence-corrected chi connectivity index (χ2v) is 2.33. The van der Waals surface area contributed by atoms with Crippen LogP contribution >= 0.6 is 0 Å². The van der Waals surface area contributed by atoms with Crippen molar-refractivity contribution in [3.63, 3.8) is 0 Å². The van der Waals surface area contributed by atoms with Gasteiger partial charge in [0.1, 0.15) is 13.3 Å². The average molecular weight is 156 g/mol. The standard InChI is InChI=1S/C9H9BN2/c1-2-3-5-12-6-4-8(10)7-9(12)11/h2-7,11H,1H2/b5-3-,11-9?. The maximum atomic E-state index is 7.49. The maximum absolute atomic E-state index is 7.49. The molecule has 1 heterocycles. The van der Waals surface area contributed by atoms with Gasteiger partial charge in [-0.25, -0.2) is 0 Å². The van der Waals surface area contributed by atoms with Crippen LogP contribution < -0.4 is 11.0 Å². The highest BCUT2D eigenvalue weighted by Crippen LogP contribution is 1.81. The second-order valence-electron chi connectivity index (χ2n) is 2.33. The third-order valence-electron chi connectivity index (χ3n) is 1.39. The van der Waals surface area contributed by atoms with Crippen molar-refractivity contribution in [2.75, 3.05) is 0 Å². The molecule has 1 rings (SSSR count). The van der Waals surface area contributed by atoms with Crippen LogP contribution in [0.4, 0.5) is 0 Å². The van der Waals surface area contributed by atoms with Gasteiger partial charge in [0.2, 0.25) is 0 Å². The summed E-state index contributed by atoms with van der Waals surface area (Å²) in [5, 5.41) is 7.49. The maximum Gasteiger partial charge on any atom is 0.128 e. The number of hydrogen-bond acceptors (Lipinski definition) is 1. The molecule has 0 saturated carbocycles. The van der Waals surface area contributed by atoms with E-state index in [0.29, 0.717) is 11.0 Å². The van der Waals surface area contributed by atoms with Gasteiger partial charge >= 0.3 is 0 Å². The molecule has 12 heavy (non-hydrogen) atoms. The molecular formula is C9H9BN2. The predicted octanol–water partition coefficient (Wildman–Crippen LogP) is 0.418. The fraction of sp³-hybridized carbons (Fsp3) is 0. The Kier molecular flexibility index (Phi) is 2.69. The number of nitrogens with zero attached hydrogens (tertiary/aromatic N) is 1. The molecule has 0 atom stereocenters. The Balaban J connectivity index is 3.10. The number of allylic oxidation sites excluding steroid dienone is 2. The number of aromatic nitrogens is 1. The normalized spacial score (nSPS) is 10.3. The van der Waals surface area contributed by atoms with E-state index < -0.39 is 0 Å². The first-order valence-electron chi connectivity index (χ1n) is 3.55. The minimum Gasteiger partial charge on any atom is -0.309 e. The van der Waals surface area contributed by atoms with Crippen molar-refractivity contribution in [1.29, 1.82) is 5.41 Å². The smallest absolute Gasteiger partial charge is 0.128 e. The molecule has 0 aromatic carbocycles. The summed E-state index contributed by atoms with van der Waals surface area (Å²) in [6, 6.07) is 3.33. The van der Waals surface area contributed by atoms with E-state index >= 15 is 0 Å². The van der Waals surface area contributed by atoms with E-state index in [1.54, 1.807) is 41.2 Å². The molecule has 2 radical (unpaired) electrons. The van der Waals surface area contributed by atoms with Crippen molar-refractivity contribution in [2.24, 2.45) is 0 Å². The van der Waals surface area contributed by atoms with E-state index in [9.17, 15) is 0 Å². The molecule has 0 fully saturated rings. The molecule has 1 N–H and O–H groups in total. The lowest BCUT2D eigenvalue weighted by Crippen LogP contribution is -2.20. The molecule has 58 valence electrons. The molecule has 1 aromatic heterocycles. The topological polar surface area (TPSA) is 28.8 Å². The van der Waals surface area contributed by atoms with Crippen LogP contribution in [0.1, 0.15) is 0 Å². The van der Waals surface area contributed by atoms with E-state index in [0.717, 1.165) is 0 Å². The van der Waals surface area contributed by atoms with Gasteiger partial charge in [0.05, 0.1) is 0 Å². The summed E-state index contributed by atoms with van der Waals surface area (Å²) < 4.78 is 1.65. The largest absolute Gasteiger partial charge is 0.309 e. The zero-order valence-corrected chi connectivity index (χ0v) is 6.70. The molecule has 1 aromatic rings. The Morgan fingerprint density at radius 2 is 2.33 bits per heavy atom. The van der Waals surface area contributed by atoms with Gasteiger partial charge in [0.25, 0.3) is 0 Å². The summed E-state index contributed by atoms with van der Waals surface area (Å²) in [5.74, 6) is 0. The van der Waals surface area contributed by atoms with Crippen molar-refractivity contribution < 1.29 is 0 Å². The summed E-state index contributed by atoms with van der Waals surface area (Å²) in [6.45, 7) is 3.54. The summed E-state index contributed by atoms with van der Waals surface area (Å²) >= 11 is 0. The molecule has 3 heteroatoms. The number of rotatable bonds is 2. The predicted molar refractivity (Wildman–Crippen MR) is 51.2 cm³/mol. The van der Waals surface area contributed by atoms with Crippen LogP contribution in [-0.2, 0) is 0 Å². The quantitative estimate of drug-likeness (QED) is 0.474. The monoisotopic (exact) mass is 156 g/mol. The van der Waals surface area contributed by atoms with Crippen molar-refractivity contribution in [3.05, 3.63) is 42.5 Å². The summed E-state index contributed by atoms with van der Waals surface area (Å²) in [4.78, 5) is 0. The highest BCUT2D eigenvalue weighted by Gasteiger charge is 1.86. The van der Waals surface area contributed by atoms with Crippen molar-refractivity contribution in [1.82, 2.24) is 4.57 Å². The van der Waals surface area contributed by atoms with Gasteiger partial charge < -0.3 is 4.57 Å². The van der Waals surface area contributed by atoms with E-state index in [1.165, 1.54) is 0 Å². The first kappa shape index (κ1) is 8.59. The zero-order valence-electron chi connectivity index (χ0n) is 6.70. The zero-order chi connectivity index (χ0) is 8.97. The van der Waals surface area contributed by atoms with Gasteiger partial charge in [-0.2, -0.15) is 0 Å². The third-order valence-corrected chi connectivity index (χ3v) is 1.39. The van der Waals surface area contributed by atoms with Gasteiger partial charge in [-0.1, -0.05) is 24.2 Å². The molecule has 0 unspecified atom stereocenters. The van der Waals surface area contributed by atoms with Crippen LogP contribution in [0.25, 0.3) is 6.20 Å². The minimum absolute atomic E-state index is 0.355. The van der Waals surface area contributed by atoms with Crippen LogP contribution in [0.3, 0.4) is 0 Å². The lowest BCUT2D eigenvalue weighted by atomic mass is 9.98. The highest BCUT2D eigenvalue weighted by atomic mass is 14.9. The molecule has 0 aliphatic carbocycles. The number of nitrogens with one attached hydrogen (secondary N) is 1. The third kappa shape index (κ3) is 1.99. The van der Waals surface area contributed by atoms with Gasteiger partial charge in [-0.15, -0.1) is 0 Å². The van der Waals surface area contributed by atoms with Crippen LogP contribution in [0, 0.1) is 5.41 Å². The molecule has 0 aliphatic heterocycles. The highest BCUT2D eigenvalue weighted by molar-refractivity contribution is 6.32. The van der Waals surface area contributed by atoms with E-state index in [-0.39, 0.29) is 0 Å². The molecule has 0 spiro atoms. The van der Waals surface area contributed by atoms with Crippen LogP contribution in [-0.4, -0.2) is 12.4 Å². The van der Waals surface area contributed by atoms with Crippen LogP contribution in [0.5, 0.6) is 0 Å². The molecule has 0 saturated heterocycles. The Bertz CT molecular complexity index is 363. The fourth-order valence-electron chi connectivity index (χ4n) is 0.811. The van der Waals surface area contributed by atoms with Crippen molar-refractivity contribution in [2.45, 2.75) is 0 Å². The number of hydrogen-bond donors (Lipinski definition) is 1. The van der Waals surface area contributed by atoms with Gasteiger partial charge in [0, 0.05) is 12.4 Å². The molecule has 2 nitrogen and oxygen atoms in total. The van der Waals surface area contributed by atoms with Gasteiger partial charge in [0.15, 0.2) is 0 Å². The van der Waals surface area contributed by atoms with Crippen LogP contribution in [0.15, 0.2) is 37.1 Å². The lowest BCUT2D eigenvalue weighted by molar-refractivity contribution is 0.980. The van der Waals surface area contributed by atoms with E-state index in [1.807, 2.05) is 0 Å². The Morgan fingerprint density at radius 3 is 2.92 bits per heavy atom. The van der Waals surface area contributed by atoms with Crippen molar-refractivity contribution >= 4 is 19.5 Å². The van der Waals surface area contributed by atoms with E-state index in [2.05, 4.69) is 6.58 Å².